The summed E-state index contributed by atoms with van der Waals surface area (Å²) < 4.78 is 0. The van der Waals surface area contributed by atoms with Crippen molar-refractivity contribution in [1.29, 1.82) is 0 Å². The first-order valence-corrected chi connectivity index (χ1v) is 10.0. The van der Waals surface area contributed by atoms with E-state index < -0.39 is 0 Å². The molecule has 1 unspecified atom stereocenters. The van der Waals surface area contributed by atoms with Crippen LogP contribution >= 0.6 is 11.8 Å². The van der Waals surface area contributed by atoms with Crippen LogP contribution in [0.4, 0.5) is 5.69 Å². The zero-order valence-electron chi connectivity index (χ0n) is 14.7. The Morgan fingerprint density at radius 1 is 1.17 bits per heavy atom. The molecule has 134 valence electrons. The van der Waals surface area contributed by atoms with E-state index in [2.05, 4.69) is 40.9 Å². The maximum atomic E-state index is 11.9. The Morgan fingerprint density at radius 2 is 1.88 bits per heavy atom. The summed E-state index contributed by atoms with van der Waals surface area (Å²) in [5, 5.41) is -0.215. The minimum atomic E-state index is -0.323. The second-order valence-corrected chi connectivity index (χ2v) is 7.71. The molecule has 0 aliphatic carbocycles. The highest BCUT2D eigenvalue weighted by Gasteiger charge is 2.21. The Bertz CT molecular complexity index is 487. The van der Waals surface area contributed by atoms with Crippen molar-refractivity contribution in [2.24, 2.45) is 5.90 Å². The lowest BCUT2D eigenvalue weighted by Gasteiger charge is -2.28. The van der Waals surface area contributed by atoms with E-state index in [1.165, 1.54) is 37.8 Å². The molecule has 0 radical (unpaired) electrons. The number of benzene rings is 1. The number of hydrogen-bond acceptors (Lipinski definition) is 5. The third-order valence-electron chi connectivity index (χ3n) is 4.54. The molecule has 0 amide bonds. The molecule has 1 aromatic carbocycles. The van der Waals surface area contributed by atoms with Gasteiger partial charge in [0, 0.05) is 23.7 Å². The van der Waals surface area contributed by atoms with Gasteiger partial charge in [-0.1, -0.05) is 32.6 Å². The van der Waals surface area contributed by atoms with Crippen LogP contribution in [0.25, 0.3) is 0 Å². The lowest BCUT2D eigenvalue weighted by molar-refractivity contribution is -0.143. The monoisotopic (exact) mass is 350 g/mol. The number of nitrogens with zero attached hydrogens (tertiary/aromatic N) is 1. The second kappa shape index (κ2) is 10.6. The van der Waals surface area contributed by atoms with E-state index in [1.54, 1.807) is 11.8 Å². The van der Waals surface area contributed by atoms with Gasteiger partial charge in [0.1, 0.15) is 5.25 Å². The van der Waals surface area contributed by atoms with Crippen LogP contribution in [-0.2, 0) is 9.63 Å². The zero-order chi connectivity index (χ0) is 17.2. The molecule has 0 spiro atoms. The number of nitrogens with two attached hydrogens (primary N) is 1. The number of thioether (sulfide) groups is 1. The van der Waals surface area contributed by atoms with Crippen LogP contribution in [-0.4, -0.2) is 24.3 Å². The molecule has 5 heteroatoms. The Morgan fingerprint density at radius 3 is 2.50 bits per heavy atom. The molecule has 2 rings (SSSR count). The summed E-state index contributed by atoms with van der Waals surface area (Å²) in [6.07, 6.45) is 9.29. The predicted octanol–water partition coefficient (Wildman–Crippen LogP) is 4.52. The molecule has 1 heterocycles. The minimum absolute atomic E-state index is 0.215. The van der Waals surface area contributed by atoms with Gasteiger partial charge in [-0.15, -0.1) is 11.8 Å². The number of piperidine rings is 1. The second-order valence-electron chi connectivity index (χ2n) is 6.43. The first-order valence-electron chi connectivity index (χ1n) is 9.17. The normalized spacial score (nSPS) is 16.0. The van der Waals surface area contributed by atoms with Crippen LogP contribution in [0.5, 0.6) is 0 Å². The van der Waals surface area contributed by atoms with Crippen molar-refractivity contribution in [2.45, 2.75) is 68.4 Å². The topological polar surface area (TPSA) is 55.6 Å². The summed E-state index contributed by atoms with van der Waals surface area (Å²) in [5.74, 6) is 4.79. The van der Waals surface area contributed by atoms with E-state index in [-0.39, 0.29) is 11.2 Å². The van der Waals surface area contributed by atoms with Crippen molar-refractivity contribution in [2.75, 3.05) is 18.0 Å². The van der Waals surface area contributed by atoms with Gasteiger partial charge in [0.15, 0.2) is 0 Å². The number of carbonyl (C=O) groups is 1. The lowest BCUT2D eigenvalue weighted by atomic mass is 10.1. The molecule has 1 aliphatic heterocycles. The highest BCUT2D eigenvalue weighted by Crippen LogP contribution is 2.30. The van der Waals surface area contributed by atoms with E-state index >= 15 is 0 Å². The Kier molecular flexibility index (Phi) is 8.47. The van der Waals surface area contributed by atoms with Gasteiger partial charge < -0.3 is 9.74 Å². The molecule has 2 N–H and O–H groups in total. The third kappa shape index (κ3) is 6.02. The summed E-state index contributed by atoms with van der Waals surface area (Å²) >= 11 is 1.56. The summed E-state index contributed by atoms with van der Waals surface area (Å²) in [6.45, 7) is 4.47. The molecule has 24 heavy (non-hydrogen) atoms. The van der Waals surface area contributed by atoms with Crippen molar-refractivity contribution in [3.05, 3.63) is 24.3 Å². The summed E-state index contributed by atoms with van der Waals surface area (Å²) in [4.78, 5) is 19.9. The molecule has 0 aromatic heterocycles. The Hall–Kier alpha value is -1.20. The van der Waals surface area contributed by atoms with Crippen molar-refractivity contribution < 1.29 is 9.63 Å². The molecule has 0 saturated carbocycles. The Balaban J connectivity index is 1.91. The minimum Gasteiger partial charge on any atom is -0.372 e. The van der Waals surface area contributed by atoms with Crippen molar-refractivity contribution in [3.63, 3.8) is 0 Å². The summed E-state index contributed by atoms with van der Waals surface area (Å²) in [5.41, 5.74) is 1.28. The number of carbonyl (C=O) groups excluding carboxylic acids is 1. The maximum Gasteiger partial charge on any atom is 0.337 e. The number of unbranched alkanes of at least 4 members (excludes halogenated alkanes) is 3. The van der Waals surface area contributed by atoms with Gasteiger partial charge in [-0.3, -0.25) is 0 Å². The van der Waals surface area contributed by atoms with E-state index in [0.29, 0.717) is 0 Å². The van der Waals surface area contributed by atoms with Gasteiger partial charge >= 0.3 is 5.97 Å². The average Bonchev–Trinajstić information content (AvgIpc) is 2.65. The SMILES string of the molecule is CCCCCCC(Sc1ccc(N2CCCCC2)cc1)C(=O)ON. The quantitative estimate of drug-likeness (QED) is 0.403. The van der Waals surface area contributed by atoms with Crippen LogP contribution in [0.3, 0.4) is 0 Å². The third-order valence-corrected chi connectivity index (χ3v) is 5.79. The van der Waals surface area contributed by atoms with E-state index in [0.717, 1.165) is 37.2 Å². The summed E-state index contributed by atoms with van der Waals surface area (Å²) in [7, 11) is 0. The Labute approximate surface area is 150 Å². The van der Waals surface area contributed by atoms with Crippen molar-refractivity contribution in [1.82, 2.24) is 0 Å². The van der Waals surface area contributed by atoms with Crippen LogP contribution in [0.2, 0.25) is 0 Å². The van der Waals surface area contributed by atoms with Crippen LogP contribution in [0.15, 0.2) is 29.2 Å². The fraction of sp³-hybridized carbons (Fsp3) is 0.632. The molecular weight excluding hydrogens is 320 g/mol. The number of rotatable bonds is 9. The first kappa shape index (κ1) is 19.1. The number of anilines is 1. The van der Waals surface area contributed by atoms with Crippen LogP contribution in [0, 0.1) is 0 Å². The van der Waals surface area contributed by atoms with Gasteiger partial charge in [0.05, 0.1) is 0 Å². The molecule has 0 bridgehead atoms. The zero-order valence-corrected chi connectivity index (χ0v) is 15.5. The van der Waals surface area contributed by atoms with Crippen LogP contribution in [0.1, 0.15) is 58.3 Å². The van der Waals surface area contributed by atoms with Gasteiger partial charge in [-0.05, 0) is 49.9 Å². The predicted molar refractivity (Wildman–Crippen MR) is 101 cm³/mol. The van der Waals surface area contributed by atoms with E-state index in [1.807, 2.05) is 0 Å². The fourth-order valence-electron chi connectivity index (χ4n) is 3.11. The first-order chi connectivity index (χ1) is 11.7. The van der Waals surface area contributed by atoms with Gasteiger partial charge in [0.2, 0.25) is 0 Å². The highest BCUT2D eigenvalue weighted by atomic mass is 32.2. The maximum absolute atomic E-state index is 11.9. The van der Waals surface area contributed by atoms with Gasteiger partial charge in [0.25, 0.3) is 0 Å². The fourth-order valence-corrected chi connectivity index (χ4v) is 4.17. The van der Waals surface area contributed by atoms with Crippen molar-refractivity contribution >= 4 is 23.4 Å². The summed E-state index contributed by atoms with van der Waals surface area (Å²) in [6, 6.07) is 8.54. The molecule has 1 fully saturated rings. The molecule has 1 aliphatic rings. The molecule has 1 atom stereocenters. The highest BCUT2D eigenvalue weighted by molar-refractivity contribution is 8.00. The van der Waals surface area contributed by atoms with Gasteiger partial charge in [-0.2, -0.15) is 5.90 Å². The van der Waals surface area contributed by atoms with Crippen LogP contribution < -0.4 is 10.8 Å². The molecular formula is C19H30N2O2S. The lowest BCUT2D eigenvalue weighted by Crippen LogP contribution is -2.29. The van der Waals surface area contributed by atoms with E-state index in [9.17, 15) is 4.79 Å². The van der Waals surface area contributed by atoms with Gasteiger partial charge in [-0.25, -0.2) is 4.79 Å². The largest absolute Gasteiger partial charge is 0.372 e. The van der Waals surface area contributed by atoms with Crippen molar-refractivity contribution in [3.8, 4) is 0 Å². The average molecular weight is 351 g/mol. The molecule has 1 saturated heterocycles. The van der Waals surface area contributed by atoms with E-state index in [4.69, 9.17) is 5.90 Å². The smallest absolute Gasteiger partial charge is 0.337 e. The molecule has 4 nitrogen and oxygen atoms in total. The molecule has 1 aromatic rings. The standard InChI is InChI=1S/C19H30N2O2S/c1-2-3-4-6-9-18(19(22)23-20)24-17-12-10-16(11-13-17)21-14-7-5-8-15-21/h10-13,18H,2-9,14-15,20H2,1H3. The number of hydrogen-bond donors (Lipinski definition) is 1.